The van der Waals surface area contributed by atoms with E-state index in [9.17, 15) is 4.79 Å². The largest absolute Gasteiger partial charge is 0.476 e. The minimum absolute atomic E-state index is 0.120. The van der Waals surface area contributed by atoms with E-state index in [1.165, 1.54) is 6.20 Å². The van der Waals surface area contributed by atoms with Crippen LogP contribution in [0.5, 0.6) is 11.6 Å². The Balaban J connectivity index is 1.87. The monoisotopic (exact) mass is 344 g/mol. The lowest BCUT2D eigenvalue weighted by Crippen LogP contribution is -2.01. The summed E-state index contributed by atoms with van der Waals surface area (Å²) < 4.78 is 6.59. The number of hydrogen-bond acceptors (Lipinski definition) is 4. The summed E-state index contributed by atoms with van der Waals surface area (Å²) in [7, 11) is 0. The highest BCUT2D eigenvalue weighted by Crippen LogP contribution is 2.26. The lowest BCUT2D eigenvalue weighted by atomic mass is 10.1. The molecule has 0 unspecified atom stereocenters. The number of fused-ring (bicyclic) bond motifs is 1. The SMILES string of the molecule is O=C(O)c1cnc(Oc2ccc3cc(Br)ccc3c2)cn1. The van der Waals surface area contributed by atoms with Crippen molar-refractivity contribution in [1.82, 2.24) is 9.97 Å². The Labute approximate surface area is 128 Å². The van der Waals surface area contributed by atoms with Crippen LogP contribution in [-0.2, 0) is 0 Å². The summed E-state index contributed by atoms with van der Waals surface area (Å²) in [5, 5.41) is 10.9. The van der Waals surface area contributed by atoms with Gasteiger partial charge in [-0.2, -0.15) is 0 Å². The first-order chi connectivity index (χ1) is 10.1. The standard InChI is InChI=1S/C15H9BrN2O3/c16-11-3-1-10-6-12(4-2-9(10)5-11)21-14-8-17-13(7-18-14)15(19)20/h1-8H,(H,19,20). The molecule has 0 saturated heterocycles. The van der Waals surface area contributed by atoms with Gasteiger partial charge in [0.15, 0.2) is 5.69 Å². The molecule has 0 spiro atoms. The minimum Gasteiger partial charge on any atom is -0.476 e. The molecule has 1 aromatic heterocycles. The number of hydrogen-bond donors (Lipinski definition) is 1. The molecule has 104 valence electrons. The topological polar surface area (TPSA) is 72.3 Å². The highest BCUT2D eigenvalue weighted by Gasteiger charge is 2.06. The second-order valence-corrected chi connectivity index (χ2v) is 5.22. The summed E-state index contributed by atoms with van der Waals surface area (Å²) in [6.45, 7) is 0. The minimum atomic E-state index is -1.12. The van der Waals surface area contributed by atoms with Crippen LogP contribution in [0, 0.1) is 0 Å². The number of rotatable bonds is 3. The van der Waals surface area contributed by atoms with Crippen LogP contribution in [0.3, 0.4) is 0 Å². The predicted molar refractivity (Wildman–Crippen MR) is 80.7 cm³/mol. The van der Waals surface area contributed by atoms with Gasteiger partial charge in [-0.05, 0) is 35.0 Å². The van der Waals surface area contributed by atoms with Gasteiger partial charge in [-0.1, -0.05) is 28.1 Å². The van der Waals surface area contributed by atoms with E-state index < -0.39 is 5.97 Å². The van der Waals surface area contributed by atoms with Crippen molar-refractivity contribution in [3.8, 4) is 11.6 Å². The van der Waals surface area contributed by atoms with Gasteiger partial charge in [0.05, 0.1) is 12.4 Å². The van der Waals surface area contributed by atoms with Gasteiger partial charge in [0.1, 0.15) is 5.75 Å². The Morgan fingerprint density at radius 1 is 1.05 bits per heavy atom. The van der Waals surface area contributed by atoms with Crippen molar-refractivity contribution >= 4 is 32.7 Å². The molecule has 0 fully saturated rings. The molecule has 0 aliphatic rings. The van der Waals surface area contributed by atoms with Gasteiger partial charge in [-0.15, -0.1) is 0 Å². The van der Waals surface area contributed by atoms with Crippen LogP contribution in [0.4, 0.5) is 0 Å². The van der Waals surface area contributed by atoms with Gasteiger partial charge >= 0.3 is 5.97 Å². The van der Waals surface area contributed by atoms with Crippen LogP contribution in [0.1, 0.15) is 10.5 Å². The predicted octanol–water partition coefficient (Wildman–Crippen LogP) is 3.88. The van der Waals surface area contributed by atoms with Gasteiger partial charge in [0.25, 0.3) is 0 Å². The first-order valence-corrected chi connectivity index (χ1v) is 6.83. The summed E-state index contributed by atoms with van der Waals surface area (Å²) in [6, 6.07) is 11.6. The molecule has 1 heterocycles. The number of halogens is 1. The van der Waals surface area contributed by atoms with Crippen LogP contribution < -0.4 is 4.74 Å². The van der Waals surface area contributed by atoms with Gasteiger partial charge in [0, 0.05) is 4.47 Å². The third-order valence-corrected chi connectivity index (χ3v) is 3.34. The quantitative estimate of drug-likeness (QED) is 0.780. The van der Waals surface area contributed by atoms with Crippen molar-refractivity contribution in [3.63, 3.8) is 0 Å². The Morgan fingerprint density at radius 3 is 2.52 bits per heavy atom. The fourth-order valence-corrected chi connectivity index (χ4v) is 2.24. The molecule has 0 saturated carbocycles. The van der Waals surface area contributed by atoms with E-state index in [0.717, 1.165) is 21.4 Å². The van der Waals surface area contributed by atoms with Gasteiger partial charge in [-0.3, -0.25) is 0 Å². The van der Waals surface area contributed by atoms with Crippen LogP contribution >= 0.6 is 15.9 Å². The Morgan fingerprint density at radius 2 is 1.81 bits per heavy atom. The average molecular weight is 345 g/mol. The summed E-state index contributed by atoms with van der Waals surface area (Å²) in [5.41, 5.74) is -0.120. The molecular weight excluding hydrogens is 336 g/mol. The second kappa shape index (κ2) is 5.49. The summed E-state index contributed by atoms with van der Waals surface area (Å²) >= 11 is 3.43. The normalized spacial score (nSPS) is 10.5. The van der Waals surface area contributed by atoms with Crippen molar-refractivity contribution in [2.75, 3.05) is 0 Å². The van der Waals surface area contributed by atoms with E-state index in [-0.39, 0.29) is 11.6 Å². The molecule has 0 aliphatic heterocycles. The molecule has 21 heavy (non-hydrogen) atoms. The average Bonchev–Trinajstić information content (AvgIpc) is 2.48. The summed E-state index contributed by atoms with van der Waals surface area (Å²) in [6.07, 6.45) is 2.45. The summed E-state index contributed by atoms with van der Waals surface area (Å²) in [5.74, 6) is -0.260. The second-order valence-electron chi connectivity index (χ2n) is 4.30. The maximum absolute atomic E-state index is 10.7. The number of carboxylic acid groups (broad SMARTS) is 1. The number of nitrogens with zero attached hydrogens (tertiary/aromatic N) is 2. The molecular formula is C15H9BrN2O3. The molecule has 0 atom stereocenters. The van der Waals surface area contributed by atoms with Crippen molar-refractivity contribution in [3.05, 3.63) is 59.0 Å². The Hall–Kier alpha value is -2.47. The Kier molecular flexibility index (Phi) is 3.53. The summed E-state index contributed by atoms with van der Waals surface area (Å²) in [4.78, 5) is 18.4. The van der Waals surface area contributed by atoms with Crippen molar-refractivity contribution in [2.24, 2.45) is 0 Å². The molecule has 0 aliphatic carbocycles. The zero-order valence-electron chi connectivity index (χ0n) is 10.7. The third kappa shape index (κ3) is 3.00. The van der Waals surface area contributed by atoms with E-state index in [0.29, 0.717) is 5.75 Å². The smallest absolute Gasteiger partial charge is 0.356 e. The number of carbonyl (C=O) groups is 1. The van der Waals surface area contributed by atoms with Crippen LogP contribution in [0.15, 0.2) is 53.3 Å². The number of aromatic nitrogens is 2. The first kappa shape index (κ1) is 13.5. The van der Waals surface area contributed by atoms with E-state index in [1.54, 1.807) is 0 Å². The lowest BCUT2D eigenvalue weighted by molar-refractivity contribution is 0.0690. The van der Waals surface area contributed by atoms with E-state index in [1.807, 2.05) is 36.4 Å². The molecule has 0 amide bonds. The number of benzene rings is 2. The van der Waals surface area contributed by atoms with Crippen LogP contribution in [0.25, 0.3) is 10.8 Å². The molecule has 3 rings (SSSR count). The molecule has 3 aromatic rings. The molecule has 6 heteroatoms. The van der Waals surface area contributed by atoms with Crippen LogP contribution in [-0.4, -0.2) is 21.0 Å². The van der Waals surface area contributed by atoms with Gasteiger partial charge < -0.3 is 9.84 Å². The number of aromatic carboxylic acids is 1. The molecule has 2 aromatic carbocycles. The van der Waals surface area contributed by atoms with Gasteiger partial charge in [-0.25, -0.2) is 14.8 Å². The van der Waals surface area contributed by atoms with Crippen molar-refractivity contribution in [1.29, 1.82) is 0 Å². The zero-order valence-corrected chi connectivity index (χ0v) is 12.2. The molecule has 1 N–H and O–H groups in total. The highest BCUT2D eigenvalue weighted by molar-refractivity contribution is 9.10. The lowest BCUT2D eigenvalue weighted by Gasteiger charge is -2.06. The third-order valence-electron chi connectivity index (χ3n) is 2.84. The number of carboxylic acids is 1. The van der Waals surface area contributed by atoms with E-state index in [2.05, 4.69) is 25.9 Å². The molecule has 0 bridgehead atoms. The first-order valence-electron chi connectivity index (χ1n) is 6.04. The highest BCUT2D eigenvalue weighted by atomic mass is 79.9. The van der Waals surface area contributed by atoms with Gasteiger partial charge in [0.2, 0.25) is 5.88 Å². The number of ether oxygens (including phenoxy) is 1. The molecule has 5 nitrogen and oxygen atoms in total. The van der Waals surface area contributed by atoms with Crippen LogP contribution in [0.2, 0.25) is 0 Å². The maximum Gasteiger partial charge on any atom is 0.356 e. The van der Waals surface area contributed by atoms with Crippen molar-refractivity contribution < 1.29 is 14.6 Å². The fourth-order valence-electron chi connectivity index (χ4n) is 1.86. The molecule has 0 radical (unpaired) electrons. The zero-order chi connectivity index (χ0) is 14.8. The van der Waals surface area contributed by atoms with Crippen molar-refractivity contribution in [2.45, 2.75) is 0 Å². The van der Waals surface area contributed by atoms with E-state index >= 15 is 0 Å². The Bertz CT molecular complexity index is 819. The maximum atomic E-state index is 10.7. The fraction of sp³-hybridized carbons (Fsp3) is 0. The van der Waals surface area contributed by atoms with E-state index in [4.69, 9.17) is 9.84 Å².